The van der Waals surface area contributed by atoms with E-state index in [1.54, 1.807) is 54.8 Å². The van der Waals surface area contributed by atoms with Crippen molar-refractivity contribution in [2.45, 2.75) is 33.4 Å². The third-order valence-electron chi connectivity index (χ3n) is 6.77. The molecule has 0 spiro atoms. The van der Waals surface area contributed by atoms with Gasteiger partial charge in [-0.25, -0.2) is 0 Å². The number of nitrogens with one attached hydrogen (secondary N) is 1. The van der Waals surface area contributed by atoms with E-state index in [9.17, 15) is 19.5 Å². The summed E-state index contributed by atoms with van der Waals surface area (Å²) in [6.07, 6.45) is 1.000. The lowest BCUT2D eigenvalue weighted by Gasteiger charge is -2.27. The van der Waals surface area contributed by atoms with E-state index in [4.69, 9.17) is 4.74 Å². The van der Waals surface area contributed by atoms with Gasteiger partial charge in [0.05, 0.1) is 11.4 Å². The van der Waals surface area contributed by atoms with E-state index < -0.39 is 11.5 Å². The Hall–Kier alpha value is -3.69. The van der Waals surface area contributed by atoms with Gasteiger partial charge in [0.2, 0.25) is 11.8 Å². The predicted octanol–water partition coefficient (Wildman–Crippen LogP) is 2.39. The molecule has 4 rings (SSSR count). The second-order valence-electron chi connectivity index (χ2n) is 9.76. The Morgan fingerprint density at radius 1 is 1.03 bits per heavy atom. The van der Waals surface area contributed by atoms with Crippen molar-refractivity contribution in [2.24, 2.45) is 5.41 Å². The van der Waals surface area contributed by atoms with Gasteiger partial charge in [-0.2, -0.15) is 0 Å². The zero-order valence-electron chi connectivity index (χ0n) is 21.7. The Bertz CT molecular complexity index is 1370. The summed E-state index contributed by atoms with van der Waals surface area (Å²) in [6, 6.07) is 14.6. The first kappa shape index (κ1) is 26.4. The molecule has 1 unspecified atom stereocenters. The molecule has 9 heteroatoms. The van der Waals surface area contributed by atoms with Crippen molar-refractivity contribution < 1.29 is 19.4 Å². The molecule has 2 amide bonds. The van der Waals surface area contributed by atoms with Gasteiger partial charge < -0.3 is 29.5 Å². The van der Waals surface area contributed by atoms with E-state index in [1.807, 2.05) is 37.3 Å². The minimum atomic E-state index is -1.18. The number of hydrogen-bond donors (Lipinski definition) is 2. The van der Waals surface area contributed by atoms with Crippen LogP contribution in [0.1, 0.15) is 20.8 Å². The minimum Gasteiger partial charge on any atom is -0.491 e. The molecule has 3 aromatic rings. The van der Waals surface area contributed by atoms with Crippen LogP contribution in [0.15, 0.2) is 59.5 Å². The van der Waals surface area contributed by atoms with Gasteiger partial charge in [0.25, 0.3) is 5.56 Å². The zero-order valence-corrected chi connectivity index (χ0v) is 21.7. The summed E-state index contributed by atoms with van der Waals surface area (Å²) in [4.78, 5) is 41.7. The Labute approximate surface area is 216 Å². The second kappa shape index (κ2) is 10.7. The average Bonchev–Trinajstić information content (AvgIpc) is 2.95. The van der Waals surface area contributed by atoms with Crippen LogP contribution in [-0.2, 0) is 16.1 Å². The molecule has 0 fully saturated rings. The molecule has 0 saturated carbocycles. The maximum Gasteiger partial charge on any atom is 0.258 e. The van der Waals surface area contributed by atoms with Crippen molar-refractivity contribution in [2.75, 3.05) is 43.1 Å². The van der Waals surface area contributed by atoms with E-state index in [0.29, 0.717) is 42.1 Å². The number of carbonyl (C=O) groups excluding carboxylic acids is 2. The first-order chi connectivity index (χ1) is 17.6. The number of amides is 2. The monoisotopic (exact) mass is 506 g/mol. The SMILES string of the molecule is CCN1C(=O)C(C)(C)C(=O)N(C)c2cc(OCC(O)CNCCn3ccc4ccccc4c3=O)ccc21. The number of benzene rings is 2. The van der Waals surface area contributed by atoms with Crippen LogP contribution in [0.2, 0.25) is 0 Å². The molecule has 9 nitrogen and oxygen atoms in total. The normalized spacial score (nSPS) is 16.0. The molecule has 1 atom stereocenters. The van der Waals surface area contributed by atoms with E-state index in [2.05, 4.69) is 5.32 Å². The summed E-state index contributed by atoms with van der Waals surface area (Å²) < 4.78 is 7.45. The fraction of sp³-hybridized carbons (Fsp3) is 0.393. The maximum absolute atomic E-state index is 13.0. The number of carbonyl (C=O) groups is 2. The molecular formula is C28H34N4O5. The van der Waals surface area contributed by atoms with Crippen LogP contribution in [0.25, 0.3) is 10.8 Å². The second-order valence-corrected chi connectivity index (χ2v) is 9.76. The van der Waals surface area contributed by atoms with Gasteiger partial charge in [-0.1, -0.05) is 18.2 Å². The van der Waals surface area contributed by atoms with Gasteiger partial charge >= 0.3 is 0 Å². The molecular weight excluding hydrogens is 472 g/mol. The van der Waals surface area contributed by atoms with Gasteiger partial charge in [-0.15, -0.1) is 0 Å². The van der Waals surface area contributed by atoms with Crippen LogP contribution in [0.5, 0.6) is 5.75 Å². The molecule has 1 aliphatic rings. The van der Waals surface area contributed by atoms with Gasteiger partial charge in [0.1, 0.15) is 23.9 Å². The molecule has 1 aromatic heterocycles. The fourth-order valence-corrected chi connectivity index (χ4v) is 4.60. The quantitative estimate of drug-likeness (QED) is 0.341. The minimum absolute atomic E-state index is 0.0397. The molecule has 2 aromatic carbocycles. The average molecular weight is 507 g/mol. The molecule has 1 aliphatic heterocycles. The number of fused-ring (bicyclic) bond motifs is 2. The number of hydrogen-bond acceptors (Lipinski definition) is 6. The molecule has 37 heavy (non-hydrogen) atoms. The Morgan fingerprint density at radius 2 is 1.78 bits per heavy atom. The first-order valence-corrected chi connectivity index (χ1v) is 12.5. The van der Waals surface area contributed by atoms with E-state index >= 15 is 0 Å². The van der Waals surface area contributed by atoms with Gasteiger partial charge in [0, 0.05) is 50.9 Å². The lowest BCUT2D eigenvalue weighted by Crippen LogP contribution is -2.47. The highest BCUT2D eigenvalue weighted by Gasteiger charge is 2.45. The number of aromatic nitrogens is 1. The Morgan fingerprint density at radius 3 is 2.54 bits per heavy atom. The summed E-state index contributed by atoms with van der Waals surface area (Å²) >= 11 is 0. The Kier molecular flexibility index (Phi) is 7.65. The summed E-state index contributed by atoms with van der Waals surface area (Å²) in [5.41, 5.74) is 0.0105. The van der Waals surface area contributed by atoms with Crippen LogP contribution in [0.4, 0.5) is 11.4 Å². The van der Waals surface area contributed by atoms with E-state index in [0.717, 1.165) is 5.39 Å². The van der Waals surface area contributed by atoms with Crippen molar-refractivity contribution in [1.82, 2.24) is 9.88 Å². The van der Waals surface area contributed by atoms with E-state index in [-0.39, 0.29) is 30.5 Å². The smallest absolute Gasteiger partial charge is 0.258 e. The number of rotatable bonds is 9. The number of nitrogens with zero attached hydrogens (tertiary/aromatic N) is 3. The molecule has 0 aliphatic carbocycles. The van der Waals surface area contributed by atoms with Crippen molar-refractivity contribution in [3.63, 3.8) is 0 Å². The summed E-state index contributed by atoms with van der Waals surface area (Å²) in [5, 5.41) is 15.1. The van der Waals surface area contributed by atoms with Crippen LogP contribution in [0, 0.1) is 5.41 Å². The van der Waals surface area contributed by atoms with Crippen molar-refractivity contribution in [1.29, 1.82) is 0 Å². The van der Waals surface area contributed by atoms with Crippen LogP contribution in [-0.4, -0.2) is 60.9 Å². The van der Waals surface area contributed by atoms with Gasteiger partial charge in [0.15, 0.2) is 0 Å². The Balaban J connectivity index is 1.33. The predicted molar refractivity (Wildman–Crippen MR) is 144 cm³/mol. The number of anilines is 2. The number of pyridine rings is 1. The highest BCUT2D eigenvalue weighted by Crippen LogP contribution is 2.40. The fourth-order valence-electron chi connectivity index (χ4n) is 4.60. The van der Waals surface area contributed by atoms with E-state index in [1.165, 1.54) is 4.90 Å². The summed E-state index contributed by atoms with van der Waals surface area (Å²) in [6.45, 7) is 6.91. The lowest BCUT2D eigenvalue weighted by molar-refractivity contribution is -0.137. The molecule has 2 N–H and O–H groups in total. The summed E-state index contributed by atoms with van der Waals surface area (Å²) in [5.74, 6) is -0.0447. The van der Waals surface area contributed by atoms with Gasteiger partial charge in [-0.05, 0) is 50.4 Å². The van der Waals surface area contributed by atoms with Crippen molar-refractivity contribution in [3.05, 3.63) is 65.1 Å². The number of ether oxygens (including phenoxy) is 1. The third-order valence-corrected chi connectivity index (χ3v) is 6.77. The summed E-state index contributed by atoms with van der Waals surface area (Å²) in [7, 11) is 1.65. The van der Waals surface area contributed by atoms with Crippen molar-refractivity contribution >= 4 is 34.0 Å². The van der Waals surface area contributed by atoms with Crippen molar-refractivity contribution in [3.8, 4) is 5.75 Å². The largest absolute Gasteiger partial charge is 0.491 e. The lowest BCUT2D eigenvalue weighted by atomic mass is 9.90. The number of aliphatic hydroxyl groups is 1. The molecule has 0 radical (unpaired) electrons. The van der Waals surface area contributed by atoms with Crippen LogP contribution >= 0.6 is 0 Å². The standard InChI is InChI=1S/C28H34N4O5/c1-5-32-23-11-10-21(16-24(23)30(4)26(35)28(2,3)27(32)36)37-18-20(33)17-29-13-15-31-14-12-19-8-6-7-9-22(19)25(31)34/h6-12,14,16,20,29,33H,5,13,15,17-18H2,1-4H3. The highest BCUT2D eigenvalue weighted by molar-refractivity contribution is 6.20. The first-order valence-electron chi connectivity index (χ1n) is 12.5. The molecule has 0 bridgehead atoms. The van der Waals surface area contributed by atoms with Gasteiger partial charge in [-0.3, -0.25) is 14.4 Å². The van der Waals surface area contributed by atoms with Crippen LogP contribution in [0.3, 0.4) is 0 Å². The van der Waals surface area contributed by atoms with Crippen LogP contribution < -0.4 is 25.4 Å². The third kappa shape index (κ3) is 5.23. The number of aliphatic hydroxyl groups excluding tert-OH is 1. The topological polar surface area (TPSA) is 104 Å². The maximum atomic E-state index is 13.0. The zero-order chi connectivity index (χ0) is 26.7. The molecule has 2 heterocycles. The molecule has 196 valence electrons. The highest BCUT2D eigenvalue weighted by atomic mass is 16.5. The molecule has 0 saturated heterocycles.